The van der Waals surface area contributed by atoms with Gasteiger partial charge in [0.2, 0.25) is 0 Å². The van der Waals surface area contributed by atoms with Gasteiger partial charge in [-0.3, -0.25) is 0 Å². The largest absolute Gasteiger partial charge is 0.378 e. The highest BCUT2D eigenvalue weighted by Gasteiger charge is 2.44. The molecule has 3 rings (SSSR count). The average Bonchev–Trinajstić information content (AvgIpc) is 3.11. The molecule has 2 saturated heterocycles. The van der Waals surface area contributed by atoms with Crippen LogP contribution in [0.25, 0.3) is 0 Å². The monoisotopic (exact) mass is 237 g/mol. The third-order valence-electron chi connectivity index (χ3n) is 5.07. The fourth-order valence-corrected chi connectivity index (χ4v) is 3.86. The second-order valence-electron chi connectivity index (χ2n) is 6.34. The molecule has 2 unspecified atom stereocenters. The highest BCUT2D eigenvalue weighted by atomic mass is 16.5. The highest BCUT2D eigenvalue weighted by molar-refractivity contribution is 5.02. The van der Waals surface area contributed by atoms with E-state index in [0.717, 1.165) is 12.5 Å². The molecule has 1 saturated carbocycles. The predicted molar refractivity (Wildman–Crippen MR) is 70.1 cm³/mol. The van der Waals surface area contributed by atoms with Crippen molar-refractivity contribution in [3.63, 3.8) is 0 Å². The normalized spacial score (nSPS) is 39.2. The molecular formula is C15H27NO. The molecule has 0 aromatic carbocycles. The fourth-order valence-electron chi connectivity index (χ4n) is 3.86. The van der Waals surface area contributed by atoms with Gasteiger partial charge in [0.1, 0.15) is 0 Å². The minimum absolute atomic E-state index is 0.502. The Morgan fingerprint density at radius 3 is 2.76 bits per heavy atom. The molecule has 1 aliphatic carbocycles. The summed E-state index contributed by atoms with van der Waals surface area (Å²) in [6.45, 7) is 2.26. The lowest BCUT2D eigenvalue weighted by atomic mass is 9.82. The van der Waals surface area contributed by atoms with Gasteiger partial charge in [-0.25, -0.2) is 0 Å². The summed E-state index contributed by atoms with van der Waals surface area (Å²) in [4.78, 5) is 0. The quantitative estimate of drug-likeness (QED) is 0.810. The first-order chi connectivity index (χ1) is 8.39. The Hall–Kier alpha value is -0.0800. The standard InChI is InChI=1S/C15H27NO/c1-2-9-15(13-6-7-13,16-11-3-1)10-8-14-5-4-12-17-14/h13-14,16H,1-12H2. The first kappa shape index (κ1) is 12.0. The van der Waals surface area contributed by atoms with Crippen molar-refractivity contribution in [2.75, 3.05) is 13.2 Å². The molecule has 2 nitrogen and oxygen atoms in total. The lowest BCUT2D eigenvalue weighted by Crippen LogP contribution is -2.47. The van der Waals surface area contributed by atoms with Crippen molar-refractivity contribution in [1.29, 1.82) is 0 Å². The van der Waals surface area contributed by atoms with Gasteiger partial charge in [-0.05, 0) is 63.8 Å². The predicted octanol–water partition coefficient (Wildman–Crippen LogP) is 3.26. The van der Waals surface area contributed by atoms with Crippen molar-refractivity contribution in [3.05, 3.63) is 0 Å². The molecule has 2 aliphatic heterocycles. The van der Waals surface area contributed by atoms with Gasteiger partial charge >= 0.3 is 0 Å². The maximum absolute atomic E-state index is 5.79. The Bertz CT molecular complexity index is 235. The summed E-state index contributed by atoms with van der Waals surface area (Å²) in [5, 5.41) is 3.93. The highest BCUT2D eigenvalue weighted by Crippen LogP contribution is 2.46. The van der Waals surface area contributed by atoms with Gasteiger partial charge in [-0.1, -0.05) is 12.8 Å². The fraction of sp³-hybridized carbons (Fsp3) is 1.00. The smallest absolute Gasteiger partial charge is 0.0576 e. The van der Waals surface area contributed by atoms with E-state index in [9.17, 15) is 0 Å². The van der Waals surface area contributed by atoms with E-state index in [1.807, 2.05) is 0 Å². The Balaban J connectivity index is 1.57. The summed E-state index contributed by atoms with van der Waals surface area (Å²) in [6, 6.07) is 0. The van der Waals surface area contributed by atoms with E-state index >= 15 is 0 Å². The first-order valence-corrected chi connectivity index (χ1v) is 7.76. The van der Waals surface area contributed by atoms with Crippen molar-refractivity contribution in [3.8, 4) is 0 Å². The Kier molecular flexibility index (Phi) is 3.72. The molecule has 3 fully saturated rings. The molecule has 17 heavy (non-hydrogen) atoms. The lowest BCUT2D eigenvalue weighted by molar-refractivity contribution is 0.0892. The van der Waals surface area contributed by atoms with Gasteiger partial charge in [0.05, 0.1) is 6.10 Å². The zero-order chi connectivity index (χ0) is 11.6. The summed E-state index contributed by atoms with van der Waals surface area (Å²) < 4.78 is 5.79. The summed E-state index contributed by atoms with van der Waals surface area (Å²) in [5.74, 6) is 0.988. The van der Waals surface area contributed by atoms with Gasteiger partial charge in [-0.2, -0.15) is 0 Å². The van der Waals surface area contributed by atoms with Crippen LogP contribution < -0.4 is 5.32 Å². The average molecular weight is 237 g/mol. The zero-order valence-electron chi connectivity index (χ0n) is 11.0. The van der Waals surface area contributed by atoms with E-state index < -0.39 is 0 Å². The molecule has 0 bridgehead atoms. The minimum Gasteiger partial charge on any atom is -0.378 e. The molecule has 2 heteroatoms. The molecule has 3 aliphatic rings. The molecule has 0 aromatic heterocycles. The van der Waals surface area contributed by atoms with Crippen LogP contribution in [0.1, 0.15) is 64.2 Å². The topological polar surface area (TPSA) is 21.3 Å². The second-order valence-corrected chi connectivity index (χ2v) is 6.34. The molecule has 0 aromatic rings. The maximum Gasteiger partial charge on any atom is 0.0576 e. The van der Waals surface area contributed by atoms with E-state index in [2.05, 4.69) is 5.32 Å². The molecule has 2 atom stereocenters. The van der Waals surface area contributed by atoms with Crippen LogP contribution in [0.5, 0.6) is 0 Å². The van der Waals surface area contributed by atoms with Crippen molar-refractivity contribution in [2.24, 2.45) is 5.92 Å². The van der Waals surface area contributed by atoms with Gasteiger partial charge < -0.3 is 10.1 Å². The Labute approximate surface area is 105 Å². The van der Waals surface area contributed by atoms with Crippen LogP contribution in [-0.2, 0) is 4.74 Å². The van der Waals surface area contributed by atoms with Gasteiger partial charge in [0, 0.05) is 12.1 Å². The van der Waals surface area contributed by atoms with Crippen molar-refractivity contribution in [2.45, 2.75) is 75.9 Å². The number of hydrogen-bond donors (Lipinski definition) is 1. The van der Waals surface area contributed by atoms with Crippen LogP contribution in [-0.4, -0.2) is 24.8 Å². The van der Waals surface area contributed by atoms with E-state index in [1.54, 1.807) is 0 Å². The number of rotatable bonds is 4. The number of hydrogen-bond acceptors (Lipinski definition) is 2. The lowest BCUT2D eigenvalue weighted by Gasteiger charge is -2.35. The van der Waals surface area contributed by atoms with Crippen molar-refractivity contribution >= 4 is 0 Å². The minimum atomic E-state index is 0.502. The van der Waals surface area contributed by atoms with Crippen LogP contribution in [0.15, 0.2) is 0 Å². The van der Waals surface area contributed by atoms with Crippen LogP contribution in [0.2, 0.25) is 0 Å². The molecule has 0 amide bonds. The summed E-state index contributed by atoms with van der Waals surface area (Å²) in [7, 11) is 0. The van der Waals surface area contributed by atoms with E-state index in [1.165, 1.54) is 70.8 Å². The van der Waals surface area contributed by atoms with Crippen LogP contribution >= 0.6 is 0 Å². The third kappa shape index (κ3) is 2.85. The van der Waals surface area contributed by atoms with E-state index in [-0.39, 0.29) is 0 Å². The van der Waals surface area contributed by atoms with Crippen molar-refractivity contribution < 1.29 is 4.74 Å². The third-order valence-corrected chi connectivity index (χ3v) is 5.07. The molecule has 0 radical (unpaired) electrons. The first-order valence-electron chi connectivity index (χ1n) is 7.76. The van der Waals surface area contributed by atoms with Gasteiger partial charge in [0.25, 0.3) is 0 Å². The molecular weight excluding hydrogens is 210 g/mol. The molecule has 0 spiro atoms. The van der Waals surface area contributed by atoms with Gasteiger partial charge in [-0.15, -0.1) is 0 Å². The number of ether oxygens (including phenoxy) is 1. The Morgan fingerprint density at radius 1 is 1.06 bits per heavy atom. The molecule has 1 N–H and O–H groups in total. The van der Waals surface area contributed by atoms with Crippen LogP contribution in [0, 0.1) is 5.92 Å². The zero-order valence-corrected chi connectivity index (χ0v) is 11.0. The van der Waals surface area contributed by atoms with E-state index in [0.29, 0.717) is 11.6 Å². The second kappa shape index (κ2) is 5.27. The molecule has 98 valence electrons. The van der Waals surface area contributed by atoms with E-state index in [4.69, 9.17) is 4.74 Å². The van der Waals surface area contributed by atoms with Crippen LogP contribution in [0.3, 0.4) is 0 Å². The maximum atomic E-state index is 5.79. The summed E-state index contributed by atoms with van der Waals surface area (Å²) in [6.07, 6.45) is 14.4. The summed E-state index contributed by atoms with van der Waals surface area (Å²) in [5.41, 5.74) is 0.502. The Morgan fingerprint density at radius 2 is 2.00 bits per heavy atom. The van der Waals surface area contributed by atoms with Crippen molar-refractivity contribution in [1.82, 2.24) is 5.32 Å². The number of nitrogens with one attached hydrogen (secondary N) is 1. The van der Waals surface area contributed by atoms with Gasteiger partial charge in [0.15, 0.2) is 0 Å². The summed E-state index contributed by atoms with van der Waals surface area (Å²) >= 11 is 0. The SMILES string of the molecule is C1CCNC(CCC2CCCO2)(C2CC2)CC1. The van der Waals surface area contributed by atoms with Crippen LogP contribution in [0.4, 0.5) is 0 Å². The molecule has 2 heterocycles.